The van der Waals surface area contributed by atoms with Crippen LogP contribution in [0, 0.1) is 0 Å². The molecule has 3 aromatic rings. The van der Waals surface area contributed by atoms with Gasteiger partial charge in [0.25, 0.3) is 0 Å². The number of rotatable bonds is 8. The van der Waals surface area contributed by atoms with Crippen LogP contribution in [-0.4, -0.2) is 41.8 Å². The number of nitrogens with one attached hydrogen (secondary N) is 2. The van der Waals surface area contributed by atoms with E-state index in [4.69, 9.17) is 24.4 Å². The van der Waals surface area contributed by atoms with E-state index < -0.39 is 0 Å². The van der Waals surface area contributed by atoms with E-state index in [0.717, 1.165) is 49.4 Å². The van der Waals surface area contributed by atoms with E-state index >= 15 is 0 Å². The lowest BCUT2D eigenvalue weighted by atomic mass is 9.96. The zero-order valence-electron chi connectivity index (χ0n) is 20.6. The summed E-state index contributed by atoms with van der Waals surface area (Å²) in [6, 6.07) is 14.9. The third-order valence-electron chi connectivity index (χ3n) is 6.84. The van der Waals surface area contributed by atoms with Crippen LogP contribution >= 0.6 is 0 Å². The average Bonchev–Trinajstić information content (AvgIpc) is 2.92. The molecule has 0 saturated heterocycles. The van der Waals surface area contributed by atoms with Gasteiger partial charge in [0, 0.05) is 31.7 Å². The smallest absolute Gasteiger partial charge is 0.232 e. The van der Waals surface area contributed by atoms with E-state index in [1.165, 1.54) is 30.4 Å². The highest BCUT2D eigenvalue weighted by Gasteiger charge is 2.21. The molecule has 0 radical (unpaired) electrons. The van der Waals surface area contributed by atoms with Gasteiger partial charge in [0.15, 0.2) is 0 Å². The molecule has 0 unspecified atom stereocenters. The third-order valence-corrected chi connectivity index (χ3v) is 6.84. The van der Waals surface area contributed by atoms with E-state index in [-0.39, 0.29) is 0 Å². The maximum Gasteiger partial charge on any atom is 0.232 e. The van der Waals surface area contributed by atoms with Gasteiger partial charge in [0.2, 0.25) is 17.8 Å². The van der Waals surface area contributed by atoms with Crippen LogP contribution in [0.2, 0.25) is 0 Å². The lowest BCUT2D eigenvalue weighted by molar-refractivity contribution is 0.393. The standard InChI is InChI=1S/C27H34N6O2/c1-34-23-14-19(15-24(16-23)35-2)17-28-25-30-26(29-22-10-4-3-5-11-22)32-27(31-25)33-13-12-20-8-6-7-9-21(20)18-33/h6-9,14-16,22H,3-5,10-13,17-18H2,1-2H3,(H2,28,29,30,31,32). The SMILES string of the molecule is COc1cc(CNc2nc(NC3CCCCC3)nc(N3CCc4ccccc4C3)n2)cc(OC)c1. The first-order valence-electron chi connectivity index (χ1n) is 12.5. The summed E-state index contributed by atoms with van der Waals surface area (Å²) >= 11 is 0. The monoisotopic (exact) mass is 474 g/mol. The van der Waals surface area contributed by atoms with Crippen LogP contribution in [0.3, 0.4) is 0 Å². The molecule has 184 valence electrons. The van der Waals surface area contributed by atoms with Crippen molar-refractivity contribution in [1.82, 2.24) is 15.0 Å². The number of hydrogen-bond donors (Lipinski definition) is 2. The van der Waals surface area contributed by atoms with E-state index in [0.29, 0.717) is 30.4 Å². The van der Waals surface area contributed by atoms with Crippen LogP contribution in [0.15, 0.2) is 42.5 Å². The Kier molecular flexibility index (Phi) is 7.16. The van der Waals surface area contributed by atoms with Crippen molar-refractivity contribution in [3.8, 4) is 11.5 Å². The number of fused-ring (bicyclic) bond motifs is 1. The molecule has 2 N–H and O–H groups in total. The molecule has 1 aromatic heterocycles. The van der Waals surface area contributed by atoms with Crippen LogP contribution in [-0.2, 0) is 19.5 Å². The molecular formula is C27H34N6O2. The van der Waals surface area contributed by atoms with Gasteiger partial charge in [-0.1, -0.05) is 43.5 Å². The van der Waals surface area contributed by atoms with Gasteiger partial charge in [-0.3, -0.25) is 0 Å². The fourth-order valence-corrected chi connectivity index (χ4v) is 4.90. The fourth-order valence-electron chi connectivity index (χ4n) is 4.90. The molecule has 2 aromatic carbocycles. The summed E-state index contributed by atoms with van der Waals surface area (Å²) in [5.41, 5.74) is 3.76. The van der Waals surface area contributed by atoms with Crippen LogP contribution in [0.4, 0.5) is 17.8 Å². The summed E-state index contributed by atoms with van der Waals surface area (Å²) in [6.07, 6.45) is 7.11. The molecule has 2 heterocycles. The van der Waals surface area contributed by atoms with Crippen molar-refractivity contribution >= 4 is 17.8 Å². The quantitative estimate of drug-likeness (QED) is 0.481. The van der Waals surface area contributed by atoms with E-state index in [9.17, 15) is 0 Å². The number of benzene rings is 2. The normalized spacial score (nSPS) is 15.9. The Morgan fingerprint density at radius 2 is 1.60 bits per heavy atom. The summed E-state index contributed by atoms with van der Waals surface area (Å²) in [5, 5.41) is 6.99. The number of aromatic nitrogens is 3. The average molecular weight is 475 g/mol. The van der Waals surface area contributed by atoms with Gasteiger partial charge >= 0.3 is 0 Å². The van der Waals surface area contributed by atoms with Crippen molar-refractivity contribution in [2.24, 2.45) is 0 Å². The Hall–Kier alpha value is -3.55. The second-order valence-corrected chi connectivity index (χ2v) is 9.28. The van der Waals surface area contributed by atoms with Gasteiger partial charge in [-0.2, -0.15) is 15.0 Å². The number of nitrogens with zero attached hydrogens (tertiary/aromatic N) is 4. The summed E-state index contributed by atoms with van der Waals surface area (Å²) in [5.74, 6) is 3.42. The highest BCUT2D eigenvalue weighted by atomic mass is 16.5. The number of methoxy groups -OCH3 is 2. The van der Waals surface area contributed by atoms with Crippen molar-refractivity contribution in [2.75, 3.05) is 36.3 Å². The number of hydrogen-bond acceptors (Lipinski definition) is 8. The highest BCUT2D eigenvalue weighted by molar-refractivity contribution is 5.48. The highest BCUT2D eigenvalue weighted by Crippen LogP contribution is 2.26. The Morgan fingerprint density at radius 3 is 2.34 bits per heavy atom. The topological polar surface area (TPSA) is 84.4 Å². The molecule has 0 atom stereocenters. The molecule has 0 bridgehead atoms. The Bertz CT molecular complexity index is 1130. The Labute approximate surface area is 207 Å². The minimum atomic E-state index is 0.413. The lowest BCUT2D eigenvalue weighted by Crippen LogP contribution is -2.32. The first-order valence-corrected chi connectivity index (χ1v) is 12.5. The molecule has 0 amide bonds. The van der Waals surface area contributed by atoms with Crippen LogP contribution in [0.5, 0.6) is 11.5 Å². The molecule has 1 aliphatic carbocycles. The van der Waals surface area contributed by atoms with Gasteiger partial charge in [0.05, 0.1) is 14.2 Å². The number of anilines is 3. The first-order chi connectivity index (χ1) is 17.2. The molecular weight excluding hydrogens is 440 g/mol. The Balaban J connectivity index is 1.38. The zero-order valence-corrected chi connectivity index (χ0v) is 20.6. The van der Waals surface area contributed by atoms with Crippen LogP contribution in [0.1, 0.15) is 48.8 Å². The minimum Gasteiger partial charge on any atom is -0.497 e. The molecule has 1 saturated carbocycles. The van der Waals surface area contributed by atoms with Crippen molar-refractivity contribution in [3.05, 3.63) is 59.2 Å². The molecule has 8 heteroatoms. The molecule has 1 aliphatic heterocycles. The largest absolute Gasteiger partial charge is 0.497 e. The zero-order chi connectivity index (χ0) is 24.0. The minimum absolute atomic E-state index is 0.413. The maximum absolute atomic E-state index is 5.41. The summed E-state index contributed by atoms with van der Waals surface area (Å²) in [4.78, 5) is 16.6. The van der Waals surface area contributed by atoms with E-state index in [1.54, 1.807) is 14.2 Å². The summed E-state index contributed by atoms with van der Waals surface area (Å²) < 4.78 is 10.8. The summed E-state index contributed by atoms with van der Waals surface area (Å²) in [6.45, 7) is 2.23. The Morgan fingerprint density at radius 1 is 0.886 bits per heavy atom. The molecule has 0 spiro atoms. The first kappa shape index (κ1) is 23.2. The maximum atomic E-state index is 5.41. The second kappa shape index (κ2) is 10.8. The van der Waals surface area contributed by atoms with Gasteiger partial charge in [-0.25, -0.2) is 0 Å². The lowest BCUT2D eigenvalue weighted by Gasteiger charge is -2.29. The summed E-state index contributed by atoms with van der Waals surface area (Å²) in [7, 11) is 3.31. The predicted octanol–water partition coefficient (Wildman–Crippen LogP) is 4.81. The van der Waals surface area contributed by atoms with E-state index in [2.05, 4.69) is 39.8 Å². The van der Waals surface area contributed by atoms with Gasteiger partial charge in [-0.05, 0) is 48.1 Å². The van der Waals surface area contributed by atoms with Gasteiger partial charge in [-0.15, -0.1) is 0 Å². The second-order valence-electron chi connectivity index (χ2n) is 9.28. The van der Waals surface area contributed by atoms with Crippen LogP contribution in [0.25, 0.3) is 0 Å². The molecule has 2 aliphatic rings. The van der Waals surface area contributed by atoms with Crippen LogP contribution < -0.4 is 25.0 Å². The molecule has 1 fully saturated rings. The predicted molar refractivity (Wildman–Crippen MR) is 138 cm³/mol. The van der Waals surface area contributed by atoms with Crippen molar-refractivity contribution in [1.29, 1.82) is 0 Å². The van der Waals surface area contributed by atoms with Gasteiger partial charge in [0.1, 0.15) is 11.5 Å². The van der Waals surface area contributed by atoms with Gasteiger partial charge < -0.3 is 25.0 Å². The van der Waals surface area contributed by atoms with Crippen molar-refractivity contribution in [3.63, 3.8) is 0 Å². The molecule has 35 heavy (non-hydrogen) atoms. The fraction of sp³-hybridized carbons (Fsp3) is 0.444. The third kappa shape index (κ3) is 5.75. The molecule has 5 rings (SSSR count). The van der Waals surface area contributed by atoms with Crippen molar-refractivity contribution in [2.45, 2.75) is 57.7 Å². The molecule has 8 nitrogen and oxygen atoms in total. The number of ether oxygens (including phenoxy) is 2. The van der Waals surface area contributed by atoms with E-state index in [1.807, 2.05) is 18.2 Å². The van der Waals surface area contributed by atoms with Crippen molar-refractivity contribution < 1.29 is 9.47 Å².